The van der Waals surface area contributed by atoms with Gasteiger partial charge < -0.3 is 9.47 Å². The molecule has 0 bridgehead atoms. The normalized spacial score (nSPS) is 12.1. The number of halogens is 5. The lowest BCUT2D eigenvalue weighted by molar-refractivity contribution is -0.147. The van der Waals surface area contributed by atoms with Gasteiger partial charge >= 0.3 is 12.8 Å². The topological polar surface area (TPSA) is 64.4 Å². The number of benzene rings is 1. The maximum Gasteiger partial charge on any atom is 0.453 e. The molecular formula is C12H9F5N4O2S. The Morgan fingerprint density at radius 3 is 2.62 bits per heavy atom. The smallest absolute Gasteiger partial charge is 0.453 e. The van der Waals surface area contributed by atoms with Crippen molar-refractivity contribution in [2.45, 2.75) is 12.8 Å². The summed E-state index contributed by atoms with van der Waals surface area (Å²) < 4.78 is 71.9. The summed E-state index contributed by atoms with van der Waals surface area (Å²) in [5.74, 6) is -1.58. The Hall–Kier alpha value is -2.50. The van der Waals surface area contributed by atoms with E-state index in [9.17, 15) is 22.0 Å². The highest BCUT2D eigenvalue weighted by molar-refractivity contribution is 7.71. The first-order chi connectivity index (χ1) is 11.2. The van der Waals surface area contributed by atoms with Crippen LogP contribution in [0.4, 0.5) is 22.0 Å². The largest absolute Gasteiger partial charge is 0.493 e. The molecule has 0 aliphatic carbocycles. The summed E-state index contributed by atoms with van der Waals surface area (Å²) in [5, 5.41) is 8.64. The minimum absolute atomic E-state index is 0.0360. The molecule has 0 aliphatic heterocycles. The number of hydrogen-bond donors (Lipinski definition) is 1. The SMILES string of the molecule is COc1cc(/C=N/n2c(C(F)(F)F)n[nH]c2=S)ccc1OC(F)F. The third-order valence-electron chi connectivity index (χ3n) is 2.63. The molecule has 130 valence electrons. The van der Waals surface area contributed by atoms with E-state index in [0.29, 0.717) is 4.68 Å². The number of hydrogen-bond acceptors (Lipinski definition) is 5. The fraction of sp³-hybridized carbons (Fsp3) is 0.250. The Morgan fingerprint density at radius 1 is 1.33 bits per heavy atom. The van der Waals surface area contributed by atoms with Gasteiger partial charge in [0.2, 0.25) is 4.77 Å². The molecule has 2 aromatic rings. The molecule has 0 fully saturated rings. The lowest BCUT2D eigenvalue weighted by Gasteiger charge is -2.10. The number of rotatable bonds is 5. The minimum Gasteiger partial charge on any atom is -0.493 e. The molecule has 0 unspecified atom stereocenters. The van der Waals surface area contributed by atoms with Crippen molar-refractivity contribution in [2.75, 3.05) is 7.11 Å². The van der Waals surface area contributed by atoms with E-state index in [-0.39, 0.29) is 21.8 Å². The minimum atomic E-state index is -4.75. The van der Waals surface area contributed by atoms with Gasteiger partial charge in [-0.15, -0.1) is 5.10 Å². The van der Waals surface area contributed by atoms with E-state index in [1.54, 1.807) is 0 Å². The van der Waals surface area contributed by atoms with Crippen LogP contribution in [0.3, 0.4) is 0 Å². The highest BCUT2D eigenvalue weighted by Crippen LogP contribution is 2.29. The molecule has 1 aromatic heterocycles. The highest BCUT2D eigenvalue weighted by Gasteiger charge is 2.37. The van der Waals surface area contributed by atoms with Crippen LogP contribution in [0.15, 0.2) is 23.3 Å². The second kappa shape index (κ2) is 6.95. The Bertz CT molecular complexity index is 799. The van der Waals surface area contributed by atoms with E-state index in [1.165, 1.54) is 25.3 Å². The standard InChI is InChI=1S/C12H9F5N4O2S/c1-22-8-4-6(2-3-7(8)23-10(13)14)5-18-21-9(12(15,16)17)19-20-11(21)24/h2-5,10H,1H3,(H,20,24)/b18-5+. The van der Waals surface area contributed by atoms with Gasteiger partial charge in [0.15, 0.2) is 11.5 Å². The molecule has 1 aromatic carbocycles. The van der Waals surface area contributed by atoms with Crippen molar-refractivity contribution in [3.8, 4) is 11.5 Å². The maximum absolute atomic E-state index is 12.7. The van der Waals surface area contributed by atoms with Crippen LogP contribution in [-0.2, 0) is 6.18 Å². The number of aromatic amines is 1. The first-order valence-corrected chi connectivity index (χ1v) is 6.55. The Morgan fingerprint density at radius 2 is 2.04 bits per heavy atom. The molecule has 0 spiro atoms. The molecule has 0 amide bonds. The number of H-pyrrole nitrogens is 1. The molecule has 1 heterocycles. The summed E-state index contributed by atoms with van der Waals surface area (Å²) in [7, 11) is 1.22. The molecule has 12 heteroatoms. The van der Waals surface area contributed by atoms with Crippen LogP contribution in [0.5, 0.6) is 11.5 Å². The van der Waals surface area contributed by atoms with E-state index >= 15 is 0 Å². The highest BCUT2D eigenvalue weighted by atomic mass is 32.1. The molecule has 0 saturated heterocycles. The van der Waals surface area contributed by atoms with Crippen molar-refractivity contribution in [3.63, 3.8) is 0 Å². The van der Waals surface area contributed by atoms with Gasteiger partial charge in [-0.05, 0) is 36.0 Å². The van der Waals surface area contributed by atoms with Gasteiger partial charge in [-0.25, -0.2) is 5.10 Å². The van der Waals surface area contributed by atoms with Crippen LogP contribution >= 0.6 is 12.2 Å². The van der Waals surface area contributed by atoms with E-state index in [0.717, 1.165) is 6.21 Å². The predicted molar refractivity (Wildman–Crippen MR) is 75.0 cm³/mol. The molecule has 0 aliphatic rings. The third-order valence-corrected chi connectivity index (χ3v) is 2.89. The van der Waals surface area contributed by atoms with Crippen LogP contribution in [-0.4, -0.2) is 34.8 Å². The van der Waals surface area contributed by atoms with Gasteiger partial charge in [-0.2, -0.15) is 31.7 Å². The molecule has 24 heavy (non-hydrogen) atoms. The summed E-state index contributed by atoms with van der Waals surface area (Å²) in [6.45, 7) is -3.04. The third kappa shape index (κ3) is 4.07. The van der Waals surface area contributed by atoms with Crippen LogP contribution in [0, 0.1) is 4.77 Å². The van der Waals surface area contributed by atoms with E-state index in [2.05, 4.69) is 27.2 Å². The van der Waals surface area contributed by atoms with Gasteiger partial charge in [-0.1, -0.05) is 0 Å². The van der Waals surface area contributed by atoms with Crippen LogP contribution in [0.1, 0.15) is 11.4 Å². The molecule has 0 saturated carbocycles. The summed E-state index contributed by atoms with van der Waals surface area (Å²) in [6.07, 6.45) is -3.72. The van der Waals surface area contributed by atoms with Crippen molar-refractivity contribution in [2.24, 2.45) is 5.10 Å². The zero-order valence-electron chi connectivity index (χ0n) is 11.8. The second-order valence-corrected chi connectivity index (χ2v) is 4.58. The van der Waals surface area contributed by atoms with Gasteiger partial charge in [-0.3, -0.25) is 0 Å². The van der Waals surface area contributed by atoms with E-state index in [4.69, 9.17) is 4.74 Å². The van der Waals surface area contributed by atoms with Gasteiger partial charge in [0.25, 0.3) is 5.82 Å². The Kier molecular flexibility index (Phi) is 5.17. The molecule has 2 rings (SSSR count). The fourth-order valence-corrected chi connectivity index (χ4v) is 1.84. The lowest BCUT2D eigenvalue weighted by Crippen LogP contribution is -2.12. The number of nitrogens with one attached hydrogen (secondary N) is 1. The quantitative estimate of drug-likeness (QED) is 0.499. The Balaban J connectivity index is 2.34. The summed E-state index contributed by atoms with van der Waals surface area (Å²) >= 11 is 4.68. The number of ether oxygens (including phenoxy) is 2. The van der Waals surface area contributed by atoms with Crippen LogP contribution in [0.25, 0.3) is 0 Å². The van der Waals surface area contributed by atoms with Crippen LogP contribution < -0.4 is 9.47 Å². The van der Waals surface area contributed by atoms with Crippen molar-refractivity contribution in [3.05, 3.63) is 34.4 Å². The number of aromatic nitrogens is 3. The van der Waals surface area contributed by atoms with Gasteiger partial charge in [0, 0.05) is 0 Å². The summed E-state index contributed by atoms with van der Waals surface area (Å²) in [6, 6.07) is 3.74. The van der Waals surface area contributed by atoms with E-state index in [1.807, 2.05) is 5.10 Å². The van der Waals surface area contributed by atoms with Crippen molar-refractivity contribution in [1.82, 2.24) is 14.9 Å². The predicted octanol–water partition coefficient (Wildman–Crippen LogP) is 3.45. The molecule has 0 radical (unpaired) electrons. The number of nitrogens with zero attached hydrogens (tertiary/aromatic N) is 3. The van der Waals surface area contributed by atoms with Crippen molar-refractivity contribution < 1.29 is 31.4 Å². The summed E-state index contributed by atoms with van der Waals surface area (Å²) in [5.41, 5.74) is 0.268. The average Bonchev–Trinajstić information content (AvgIpc) is 2.86. The first-order valence-electron chi connectivity index (χ1n) is 6.14. The number of methoxy groups -OCH3 is 1. The average molecular weight is 368 g/mol. The molecule has 0 atom stereocenters. The zero-order valence-corrected chi connectivity index (χ0v) is 12.7. The monoisotopic (exact) mass is 368 g/mol. The molecular weight excluding hydrogens is 359 g/mol. The Labute approximate surface area is 136 Å². The fourth-order valence-electron chi connectivity index (χ4n) is 1.66. The van der Waals surface area contributed by atoms with E-state index < -0.39 is 18.6 Å². The first kappa shape index (κ1) is 17.8. The van der Waals surface area contributed by atoms with Gasteiger partial charge in [0.1, 0.15) is 0 Å². The molecule has 6 nitrogen and oxygen atoms in total. The van der Waals surface area contributed by atoms with Crippen LogP contribution in [0.2, 0.25) is 0 Å². The second-order valence-electron chi connectivity index (χ2n) is 4.20. The number of alkyl halides is 5. The van der Waals surface area contributed by atoms with Crippen molar-refractivity contribution in [1.29, 1.82) is 0 Å². The summed E-state index contributed by atoms with van der Waals surface area (Å²) in [4.78, 5) is 0. The maximum atomic E-state index is 12.7. The molecule has 1 N–H and O–H groups in total. The zero-order chi connectivity index (χ0) is 17.9. The van der Waals surface area contributed by atoms with Gasteiger partial charge in [0.05, 0.1) is 13.3 Å². The lowest BCUT2D eigenvalue weighted by atomic mass is 10.2. The van der Waals surface area contributed by atoms with Crippen molar-refractivity contribution >= 4 is 18.4 Å².